The van der Waals surface area contributed by atoms with Gasteiger partial charge in [-0.2, -0.15) is 17.5 Å². The van der Waals surface area contributed by atoms with Crippen LogP contribution >= 0.6 is 11.6 Å². The fourth-order valence-electron chi connectivity index (χ4n) is 3.63. The number of ether oxygens (including phenoxy) is 1. The van der Waals surface area contributed by atoms with E-state index in [1.807, 2.05) is 0 Å². The van der Waals surface area contributed by atoms with Crippen molar-refractivity contribution in [3.8, 4) is 0 Å². The molecule has 7 nitrogen and oxygen atoms in total. The molecule has 0 N–H and O–H groups in total. The topological polar surface area (TPSA) is 84.0 Å². The Labute approximate surface area is 211 Å². The zero-order valence-electron chi connectivity index (χ0n) is 18.5. The van der Waals surface area contributed by atoms with Crippen LogP contribution in [0.3, 0.4) is 0 Å². The van der Waals surface area contributed by atoms with E-state index in [1.165, 1.54) is 52.8 Å². The fraction of sp³-hybridized carbons (Fsp3) is 0.217. The standard InChI is InChI=1S/C23H20ClF3N2O5S2/c24-18-4-6-19(7-5-18)29(36(32,33)22-3-1-2-17(16-22)23(25,26)27)20-8-10-21(11-9-20)35(30,31)28-12-14-34-15-13-28/h1-11,16H,12-15H2. The summed E-state index contributed by atoms with van der Waals surface area (Å²) >= 11 is 5.94. The molecule has 192 valence electrons. The molecule has 3 aromatic carbocycles. The Morgan fingerprint density at radius 3 is 1.92 bits per heavy atom. The molecule has 13 heteroatoms. The van der Waals surface area contributed by atoms with Gasteiger partial charge in [0.15, 0.2) is 0 Å². The number of anilines is 2. The number of hydrogen-bond acceptors (Lipinski definition) is 5. The van der Waals surface area contributed by atoms with Crippen LogP contribution in [-0.2, 0) is 31.0 Å². The molecule has 0 aliphatic carbocycles. The van der Waals surface area contributed by atoms with Gasteiger partial charge in [0.2, 0.25) is 10.0 Å². The summed E-state index contributed by atoms with van der Waals surface area (Å²) in [6, 6.07) is 14.1. The van der Waals surface area contributed by atoms with E-state index in [1.54, 1.807) is 0 Å². The molecule has 1 heterocycles. The van der Waals surface area contributed by atoms with Crippen molar-refractivity contribution >= 4 is 43.0 Å². The SMILES string of the molecule is O=S(=O)(c1ccc(N(c2ccc(Cl)cc2)S(=O)(=O)c2cccc(C(F)(F)F)c2)cc1)N1CCOCC1. The zero-order chi connectivity index (χ0) is 26.1. The number of rotatable bonds is 6. The number of nitrogens with zero attached hydrogens (tertiary/aromatic N) is 2. The van der Waals surface area contributed by atoms with Crippen molar-refractivity contribution in [2.24, 2.45) is 0 Å². The summed E-state index contributed by atoms with van der Waals surface area (Å²) in [5.74, 6) is 0. The molecule has 0 amide bonds. The molecule has 1 aliphatic rings. The number of halogens is 4. The average molecular weight is 561 g/mol. The second-order valence-electron chi connectivity index (χ2n) is 7.78. The molecule has 3 aromatic rings. The lowest BCUT2D eigenvalue weighted by Gasteiger charge is -2.27. The molecule has 0 atom stereocenters. The monoisotopic (exact) mass is 560 g/mol. The molecule has 1 saturated heterocycles. The van der Waals surface area contributed by atoms with Gasteiger partial charge in [0.25, 0.3) is 10.0 Å². The van der Waals surface area contributed by atoms with Gasteiger partial charge in [-0.1, -0.05) is 17.7 Å². The second kappa shape index (κ2) is 10.0. The smallest absolute Gasteiger partial charge is 0.379 e. The molecule has 4 rings (SSSR count). The van der Waals surface area contributed by atoms with Gasteiger partial charge >= 0.3 is 6.18 Å². The van der Waals surface area contributed by atoms with Crippen LogP contribution in [0.2, 0.25) is 5.02 Å². The van der Waals surface area contributed by atoms with Crippen LogP contribution < -0.4 is 4.31 Å². The molecule has 0 bridgehead atoms. The lowest BCUT2D eigenvalue weighted by molar-refractivity contribution is -0.137. The number of alkyl halides is 3. The first-order valence-electron chi connectivity index (χ1n) is 10.6. The highest BCUT2D eigenvalue weighted by molar-refractivity contribution is 7.93. The van der Waals surface area contributed by atoms with Gasteiger partial charge in [0, 0.05) is 18.1 Å². The summed E-state index contributed by atoms with van der Waals surface area (Å²) in [6.45, 7) is 0.892. The van der Waals surface area contributed by atoms with E-state index in [-0.39, 0.29) is 42.6 Å². The third-order valence-electron chi connectivity index (χ3n) is 5.44. The van der Waals surface area contributed by atoms with Crippen molar-refractivity contribution in [1.29, 1.82) is 0 Å². The minimum Gasteiger partial charge on any atom is -0.379 e. The highest BCUT2D eigenvalue weighted by Crippen LogP contribution is 2.36. The van der Waals surface area contributed by atoms with Gasteiger partial charge in [0.05, 0.1) is 39.9 Å². The van der Waals surface area contributed by atoms with Crippen molar-refractivity contribution in [2.45, 2.75) is 16.0 Å². The summed E-state index contributed by atoms with van der Waals surface area (Å²) in [5, 5.41) is 0.321. The van der Waals surface area contributed by atoms with Crippen LogP contribution in [0.5, 0.6) is 0 Å². The number of hydrogen-bond donors (Lipinski definition) is 0. The normalized spacial score (nSPS) is 15.6. The van der Waals surface area contributed by atoms with E-state index >= 15 is 0 Å². The van der Waals surface area contributed by atoms with Crippen LogP contribution in [0.25, 0.3) is 0 Å². The van der Waals surface area contributed by atoms with Gasteiger partial charge in [-0.3, -0.25) is 0 Å². The van der Waals surface area contributed by atoms with Crippen molar-refractivity contribution in [3.63, 3.8) is 0 Å². The van der Waals surface area contributed by atoms with Crippen molar-refractivity contribution in [2.75, 3.05) is 30.6 Å². The van der Waals surface area contributed by atoms with Gasteiger partial charge in [-0.15, -0.1) is 0 Å². The highest BCUT2D eigenvalue weighted by atomic mass is 35.5. The molecule has 1 aliphatic heterocycles. The summed E-state index contributed by atoms with van der Waals surface area (Å²) in [7, 11) is -8.40. The molecule has 0 spiro atoms. The Morgan fingerprint density at radius 2 is 1.36 bits per heavy atom. The van der Waals surface area contributed by atoms with Crippen LogP contribution in [0.1, 0.15) is 5.56 Å². The third-order valence-corrected chi connectivity index (χ3v) is 9.36. The maximum atomic E-state index is 13.6. The molecule has 1 fully saturated rings. The van der Waals surface area contributed by atoms with Crippen molar-refractivity contribution in [3.05, 3.63) is 83.4 Å². The predicted octanol–water partition coefficient (Wildman–Crippen LogP) is 4.91. The van der Waals surface area contributed by atoms with Crippen LogP contribution in [0.4, 0.5) is 24.5 Å². The van der Waals surface area contributed by atoms with Gasteiger partial charge in [-0.05, 0) is 66.7 Å². The molecule has 36 heavy (non-hydrogen) atoms. The summed E-state index contributed by atoms with van der Waals surface area (Å²) in [5.41, 5.74) is -0.997. The van der Waals surface area contributed by atoms with Crippen molar-refractivity contribution < 1.29 is 34.7 Å². The number of benzene rings is 3. The van der Waals surface area contributed by atoms with E-state index in [2.05, 4.69) is 0 Å². The van der Waals surface area contributed by atoms with Crippen molar-refractivity contribution in [1.82, 2.24) is 4.31 Å². The molecule has 0 aromatic heterocycles. The molecule has 0 saturated carbocycles. The minimum absolute atomic E-state index is 0.0238. The summed E-state index contributed by atoms with van der Waals surface area (Å²) in [4.78, 5) is -0.641. The van der Waals surface area contributed by atoms with Gasteiger partial charge in [-0.25, -0.2) is 21.1 Å². The fourth-order valence-corrected chi connectivity index (χ4v) is 6.70. The average Bonchev–Trinajstić information content (AvgIpc) is 2.86. The van der Waals surface area contributed by atoms with E-state index in [9.17, 15) is 30.0 Å². The lowest BCUT2D eigenvalue weighted by atomic mass is 10.2. The molecule has 0 radical (unpaired) electrons. The van der Waals surface area contributed by atoms with Gasteiger partial charge < -0.3 is 4.74 Å². The first-order valence-corrected chi connectivity index (χ1v) is 13.8. The lowest BCUT2D eigenvalue weighted by Crippen LogP contribution is -2.40. The maximum absolute atomic E-state index is 13.6. The van der Waals surface area contributed by atoms with E-state index in [4.69, 9.17) is 16.3 Å². The Hall–Kier alpha value is -2.64. The van der Waals surface area contributed by atoms with Crippen LogP contribution in [-0.4, -0.2) is 47.4 Å². The minimum atomic E-state index is -4.74. The predicted molar refractivity (Wildman–Crippen MR) is 128 cm³/mol. The van der Waals surface area contributed by atoms with E-state index in [0.29, 0.717) is 11.1 Å². The largest absolute Gasteiger partial charge is 0.416 e. The number of morpholine rings is 1. The van der Waals surface area contributed by atoms with E-state index < -0.39 is 36.7 Å². The van der Waals surface area contributed by atoms with Crippen LogP contribution in [0, 0.1) is 0 Å². The first-order chi connectivity index (χ1) is 16.9. The zero-order valence-corrected chi connectivity index (χ0v) is 20.9. The first kappa shape index (κ1) is 26.4. The Bertz CT molecular complexity index is 1440. The summed E-state index contributed by atoms with van der Waals surface area (Å²) < 4.78 is 100. The quantitative estimate of drug-likeness (QED) is 0.428. The number of sulfonamides is 2. The Morgan fingerprint density at radius 1 is 0.806 bits per heavy atom. The molecular weight excluding hydrogens is 541 g/mol. The van der Waals surface area contributed by atoms with Gasteiger partial charge in [0.1, 0.15) is 0 Å². The molecule has 0 unspecified atom stereocenters. The summed E-state index contributed by atoms with van der Waals surface area (Å²) in [6.07, 6.45) is -4.74. The maximum Gasteiger partial charge on any atom is 0.416 e. The Balaban J connectivity index is 1.79. The highest BCUT2D eigenvalue weighted by Gasteiger charge is 2.34. The second-order valence-corrected chi connectivity index (χ2v) is 11.9. The Kier molecular flexibility index (Phi) is 7.35. The van der Waals surface area contributed by atoms with Crippen LogP contribution in [0.15, 0.2) is 82.6 Å². The molecular formula is C23H20ClF3N2O5S2. The van der Waals surface area contributed by atoms with E-state index in [0.717, 1.165) is 22.5 Å². The third kappa shape index (κ3) is 5.37.